The molecule has 27 heavy (non-hydrogen) atoms. The molecule has 0 aromatic heterocycles. The molecule has 148 valence electrons. The summed E-state index contributed by atoms with van der Waals surface area (Å²) >= 11 is 0. The average molecular weight is 416 g/mol. The fraction of sp³-hybridized carbons (Fsp3) is 0.278. The molecule has 0 saturated carbocycles. The predicted molar refractivity (Wildman–Crippen MR) is 106 cm³/mol. The molecule has 0 aliphatic carbocycles. The van der Waals surface area contributed by atoms with Crippen molar-refractivity contribution in [1.82, 2.24) is 10.0 Å². The summed E-state index contributed by atoms with van der Waals surface area (Å²) in [4.78, 5) is 12.2. The maximum atomic E-state index is 12.9. The number of nitrogens with one attached hydrogen (secondary N) is 3. The number of hydrogen-bond acceptors (Lipinski definition) is 4. The van der Waals surface area contributed by atoms with Crippen molar-refractivity contribution in [1.29, 1.82) is 0 Å². The number of carbonyl (C=O) groups is 1. The van der Waals surface area contributed by atoms with Crippen LogP contribution in [0.4, 0.5) is 10.1 Å². The van der Waals surface area contributed by atoms with E-state index in [1.165, 1.54) is 48.5 Å². The van der Waals surface area contributed by atoms with Gasteiger partial charge in [0, 0.05) is 24.3 Å². The Kier molecular flexibility index (Phi) is 9.37. The lowest BCUT2D eigenvalue weighted by atomic mass is 10.2. The SMILES string of the molecule is CCCNCCNS(=O)(=O)c1ccc(NC(=O)c2ccc(F)cc2)cc1.Cl. The van der Waals surface area contributed by atoms with Crippen molar-refractivity contribution in [2.24, 2.45) is 0 Å². The molecule has 3 N–H and O–H groups in total. The summed E-state index contributed by atoms with van der Waals surface area (Å²) in [6, 6.07) is 11.0. The molecule has 0 bridgehead atoms. The third-order valence-electron chi connectivity index (χ3n) is 3.55. The van der Waals surface area contributed by atoms with E-state index in [1.54, 1.807) is 0 Å². The van der Waals surface area contributed by atoms with Crippen molar-refractivity contribution in [3.05, 3.63) is 59.9 Å². The van der Waals surface area contributed by atoms with Gasteiger partial charge in [-0.25, -0.2) is 17.5 Å². The summed E-state index contributed by atoms with van der Waals surface area (Å²) in [5.74, 6) is -0.825. The summed E-state index contributed by atoms with van der Waals surface area (Å²) in [7, 11) is -3.59. The third kappa shape index (κ3) is 7.26. The number of hydrogen-bond donors (Lipinski definition) is 3. The quantitative estimate of drug-likeness (QED) is 0.549. The Labute approximate surface area is 165 Å². The Balaban J connectivity index is 0.00000364. The van der Waals surface area contributed by atoms with E-state index in [1.807, 2.05) is 6.92 Å². The summed E-state index contributed by atoms with van der Waals surface area (Å²) in [6.45, 7) is 3.72. The number of halogens is 2. The van der Waals surface area contributed by atoms with Gasteiger partial charge < -0.3 is 10.6 Å². The molecule has 0 radical (unpaired) electrons. The van der Waals surface area contributed by atoms with Crippen LogP contribution in [0.3, 0.4) is 0 Å². The van der Waals surface area contributed by atoms with Crippen molar-refractivity contribution in [3.8, 4) is 0 Å². The lowest BCUT2D eigenvalue weighted by Gasteiger charge is -2.09. The molecule has 0 aliphatic rings. The van der Waals surface area contributed by atoms with Gasteiger partial charge in [-0.05, 0) is 61.5 Å². The zero-order valence-electron chi connectivity index (χ0n) is 14.9. The average Bonchev–Trinajstić information content (AvgIpc) is 2.62. The van der Waals surface area contributed by atoms with Crippen LogP contribution in [0.15, 0.2) is 53.4 Å². The minimum Gasteiger partial charge on any atom is -0.322 e. The zero-order chi connectivity index (χ0) is 19.0. The Hall–Kier alpha value is -2.00. The molecule has 0 heterocycles. The second-order valence-electron chi connectivity index (χ2n) is 5.63. The topological polar surface area (TPSA) is 87.3 Å². The summed E-state index contributed by atoms with van der Waals surface area (Å²) in [5.41, 5.74) is 0.757. The highest BCUT2D eigenvalue weighted by molar-refractivity contribution is 7.89. The highest BCUT2D eigenvalue weighted by atomic mass is 35.5. The van der Waals surface area contributed by atoms with Gasteiger partial charge in [0.25, 0.3) is 5.91 Å². The van der Waals surface area contributed by atoms with Crippen LogP contribution in [0.25, 0.3) is 0 Å². The molecule has 1 amide bonds. The second-order valence-corrected chi connectivity index (χ2v) is 7.40. The van der Waals surface area contributed by atoms with E-state index < -0.39 is 21.7 Å². The Morgan fingerprint density at radius 1 is 0.963 bits per heavy atom. The molecule has 9 heteroatoms. The third-order valence-corrected chi connectivity index (χ3v) is 5.03. The van der Waals surface area contributed by atoms with Crippen LogP contribution in [-0.4, -0.2) is 34.0 Å². The molecule has 2 rings (SSSR count). The molecule has 2 aromatic carbocycles. The first kappa shape index (κ1) is 23.0. The number of rotatable bonds is 9. The molecule has 0 fully saturated rings. The Morgan fingerprint density at radius 2 is 1.59 bits per heavy atom. The fourth-order valence-corrected chi connectivity index (χ4v) is 3.21. The maximum absolute atomic E-state index is 12.9. The molecular formula is C18H23ClFN3O3S. The molecule has 2 aromatic rings. The summed E-state index contributed by atoms with van der Waals surface area (Å²) < 4.78 is 39.8. The van der Waals surface area contributed by atoms with E-state index in [0.717, 1.165) is 13.0 Å². The fourth-order valence-electron chi connectivity index (χ4n) is 2.18. The minimum atomic E-state index is -3.59. The Bertz CT molecular complexity index is 828. The molecule has 0 spiro atoms. The normalized spacial score (nSPS) is 10.9. The molecule has 6 nitrogen and oxygen atoms in total. The van der Waals surface area contributed by atoms with E-state index in [2.05, 4.69) is 15.4 Å². The largest absolute Gasteiger partial charge is 0.322 e. The summed E-state index contributed by atoms with van der Waals surface area (Å²) in [6.07, 6.45) is 0.984. The zero-order valence-corrected chi connectivity index (χ0v) is 16.5. The first-order chi connectivity index (χ1) is 12.4. The van der Waals surface area contributed by atoms with Gasteiger partial charge in [-0.2, -0.15) is 0 Å². The van der Waals surface area contributed by atoms with E-state index in [4.69, 9.17) is 0 Å². The summed E-state index contributed by atoms with van der Waals surface area (Å²) in [5, 5.41) is 5.75. The van der Waals surface area contributed by atoms with Crippen molar-refractivity contribution < 1.29 is 17.6 Å². The van der Waals surface area contributed by atoms with Crippen LogP contribution >= 0.6 is 12.4 Å². The van der Waals surface area contributed by atoms with Gasteiger partial charge in [-0.3, -0.25) is 4.79 Å². The van der Waals surface area contributed by atoms with Gasteiger partial charge in [0.2, 0.25) is 10.0 Å². The highest BCUT2D eigenvalue weighted by Gasteiger charge is 2.13. The van der Waals surface area contributed by atoms with Gasteiger partial charge in [-0.15, -0.1) is 12.4 Å². The predicted octanol–water partition coefficient (Wildman–Crippen LogP) is 2.78. The van der Waals surface area contributed by atoms with Crippen LogP contribution in [0.1, 0.15) is 23.7 Å². The van der Waals surface area contributed by atoms with E-state index >= 15 is 0 Å². The number of anilines is 1. The van der Waals surface area contributed by atoms with Crippen LogP contribution < -0.4 is 15.4 Å². The molecule has 0 unspecified atom stereocenters. The number of carbonyl (C=O) groups excluding carboxylic acids is 1. The first-order valence-corrected chi connectivity index (χ1v) is 9.78. The van der Waals surface area contributed by atoms with Gasteiger partial charge in [0.1, 0.15) is 5.82 Å². The van der Waals surface area contributed by atoms with Gasteiger partial charge in [0.05, 0.1) is 4.90 Å². The van der Waals surface area contributed by atoms with Gasteiger partial charge in [0.15, 0.2) is 0 Å². The van der Waals surface area contributed by atoms with Crippen LogP contribution in [0.5, 0.6) is 0 Å². The smallest absolute Gasteiger partial charge is 0.255 e. The monoisotopic (exact) mass is 415 g/mol. The van der Waals surface area contributed by atoms with Crippen LogP contribution in [-0.2, 0) is 10.0 Å². The van der Waals surface area contributed by atoms with Crippen molar-refractivity contribution in [3.63, 3.8) is 0 Å². The molecule has 0 atom stereocenters. The molecular weight excluding hydrogens is 393 g/mol. The lowest BCUT2D eigenvalue weighted by molar-refractivity contribution is 0.102. The van der Waals surface area contributed by atoms with Gasteiger partial charge in [-0.1, -0.05) is 6.92 Å². The highest BCUT2D eigenvalue weighted by Crippen LogP contribution is 2.15. The van der Waals surface area contributed by atoms with E-state index in [9.17, 15) is 17.6 Å². The minimum absolute atomic E-state index is 0. The van der Waals surface area contributed by atoms with E-state index in [0.29, 0.717) is 24.3 Å². The van der Waals surface area contributed by atoms with Crippen LogP contribution in [0, 0.1) is 5.82 Å². The van der Waals surface area contributed by atoms with Crippen LogP contribution in [0.2, 0.25) is 0 Å². The lowest BCUT2D eigenvalue weighted by Crippen LogP contribution is -2.32. The molecule has 0 aliphatic heterocycles. The van der Waals surface area contributed by atoms with Gasteiger partial charge >= 0.3 is 0 Å². The number of amides is 1. The van der Waals surface area contributed by atoms with Crippen molar-refractivity contribution in [2.45, 2.75) is 18.2 Å². The Morgan fingerprint density at radius 3 is 2.19 bits per heavy atom. The second kappa shape index (κ2) is 11.0. The van der Waals surface area contributed by atoms with Crippen molar-refractivity contribution >= 4 is 34.0 Å². The maximum Gasteiger partial charge on any atom is 0.255 e. The van der Waals surface area contributed by atoms with Crippen molar-refractivity contribution in [2.75, 3.05) is 25.0 Å². The van der Waals surface area contributed by atoms with E-state index in [-0.39, 0.29) is 17.3 Å². The number of benzene rings is 2. The number of sulfonamides is 1. The standard InChI is InChI=1S/C18H22FN3O3S.ClH/c1-2-11-20-12-13-21-26(24,25)17-9-7-16(8-10-17)22-18(23)14-3-5-15(19)6-4-14;/h3-10,20-21H,2,11-13H2,1H3,(H,22,23);1H. The molecule has 0 saturated heterocycles. The first-order valence-electron chi connectivity index (χ1n) is 8.30.